The van der Waals surface area contributed by atoms with Crippen LogP contribution < -0.4 is 10.6 Å². The monoisotopic (exact) mass is 260 g/mol. The number of rotatable bonds is 0. The van der Waals surface area contributed by atoms with Gasteiger partial charge in [-0.05, 0) is 14.1 Å². The third-order valence-electron chi connectivity index (χ3n) is 3.05. The molecule has 0 aromatic rings. The van der Waals surface area contributed by atoms with Crippen molar-refractivity contribution >= 4 is 11.8 Å². The molecule has 0 bridgehead atoms. The van der Waals surface area contributed by atoms with Gasteiger partial charge in [-0.25, -0.2) is 0 Å². The highest BCUT2D eigenvalue weighted by atomic mass is 32.2. The number of nitrogens with one attached hydrogen (secondary N) is 2. The zero-order chi connectivity index (χ0) is 12.3. The fourth-order valence-electron chi connectivity index (χ4n) is 1.75. The van der Waals surface area contributed by atoms with E-state index in [4.69, 9.17) is 0 Å². The van der Waals surface area contributed by atoms with E-state index in [0.29, 0.717) is 0 Å². The summed E-state index contributed by atoms with van der Waals surface area (Å²) in [5.74, 6) is 2.45. The summed E-state index contributed by atoms with van der Waals surface area (Å²) >= 11 is 2.03. The van der Waals surface area contributed by atoms with Crippen molar-refractivity contribution in [3.8, 4) is 0 Å². The van der Waals surface area contributed by atoms with Gasteiger partial charge in [-0.1, -0.05) is 0 Å². The second kappa shape index (κ2) is 10.1. The summed E-state index contributed by atoms with van der Waals surface area (Å²) in [6, 6.07) is 0. The molecule has 0 aromatic carbocycles. The van der Waals surface area contributed by atoms with Gasteiger partial charge in [0.2, 0.25) is 0 Å². The van der Waals surface area contributed by atoms with Crippen molar-refractivity contribution in [2.24, 2.45) is 0 Å². The molecule has 5 heteroatoms. The Balaban J connectivity index is 2.20. The molecule has 0 radical (unpaired) electrons. The summed E-state index contributed by atoms with van der Waals surface area (Å²) in [6.45, 7) is 9.11. The molecule has 1 aliphatic heterocycles. The van der Waals surface area contributed by atoms with E-state index in [9.17, 15) is 0 Å². The van der Waals surface area contributed by atoms with E-state index in [2.05, 4.69) is 34.5 Å². The zero-order valence-corrected chi connectivity index (χ0v) is 12.2. The van der Waals surface area contributed by atoms with Gasteiger partial charge in [0, 0.05) is 63.9 Å². The largest absolute Gasteiger partial charge is 0.315 e. The van der Waals surface area contributed by atoms with Crippen LogP contribution >= 0.6 is 11.8 Å². The molecular weight excluding hydrogens is 232 g/mol. The van der Waals surface area contributed by atoms with Crippen LogP contribution in [0.3, 0.4) is 0 Å². The highest BCUT2D eigenvalue weighted by Gasteiger charge is 2.02. The summed E-state index contributed by atoms with van der Waals surface area (Å²) in [5, 5.41) is 7.00. The van der Waals surface area contributed by atoms with Gasteiger partial charge in [0.25, 0.3) is 0 Å². The Morgan fingerprint density at radius 3 is 1.65 bits per heavy atom. The first-order valence-electron chi connectivity index (χ1n) is 6.65. The molecule has 2 N–H and O–H groups in total. The molecule has 0 aromatic heterocycles. The number of nitrogens with zero attached hydrogens (tertiary/aromatic N) is 2. The Morgan fingerprint density at radius 2 is 1.18 bits per heavy atom. The van der Waals surface area contributed by atoms with Crippen LogP contribution in [0.5, 0.6) is 0 Å². The predicted octanol–water partition coefficient (Wildman–Crippen LogP) is -0.224. The van der Waals surface area contributed by atoms with Gasteiger partial charge < -0.3 is 20.4 Å². The van der Waals surface area contributed by atoms with Gasteiger partial charge in [0.05, 0.1) is 0 Å². The van der Waals surface area contributed by atoms with Gasteiger partial charge in [-0.15, -0.1) is 0 Å². The molecule has 0 atom stereocenters. The van der Waals surface area contributed by atoms with Crippen molar-refractivity contribution < 1.29 is 0 Å². The van der Waals surface area contributed by atoms with E-state index in [1.165, 1.54) is 11.5 Å². The SMILES string of the molecule is CN1CCNCCSCCNCCN(C)CC1. The average Bonchev–Trinajstić information content (AvgIpc) is 2.33. The smallest absolute Gasteiger partial charge is 0.0107 e. The molecular formula is C12H28N4S. The quantitative estimate of drug-likeness (QED) is 0.629. The molecule has 102 valence electrons. The van der Waals surface area contributed by atoms with Crippen LogP contribution in [0.25, 0.3) is 0 Å². The zero-order valence-electron chi connectivity index (χ0n) is 11.4. The second-order valence-electron chi connectivity index (χ2n) is 4.72. The predicted molar refractivity (Wildman–Crippen MR) is 78.1 cm³/mol. The van der Waals surface area contributed by atoms with E-state index >= 15 is 0 Å². The Morgan fingerprint density at radius 1 is 0.706 bits per heavy atom. The summed E-state index contributed by atoms with van der Waals surface area (Å²) < 4.78 is 0. The second-order valence-corrected chi connectivity index (χ2v) is 5.94. The highest BCUT2D eigenvalue weighted by Crippen LogP contribution is 1.96. The van der Waals surface area contributed by atoms with Crippen molar-refractivity contribution in [2.75, 3.05) is 78.0 Å². The maximum atomic E-state index is 3.50. The lowest BCUT2D eigenvalue weighted by Gasteiger charge is -2.22. The Kier molecular flexibility index (Phi) is 9.10. The molecule has 0 spiro atoms. The van der Waals surface area contributed by atoms with E-state index in [-0.39, 0.29) is 0 Å². The molecule has 1 heterocycles. The minimum absolute atomic E-state index is 1.11. The molecule has 1 rings (SSSR count). The minimum atomic E-state index is 1.11. The van der Waals surface area contributed by atoms with Crippen molar-refractivity contribution in [1.82, 2.24) is 20.4 Å². The van der Waals surface area contributed by atoms with Crippen molar-refractivity contribution in [1.29, 1.82) is 0 Å². The standard InChI is InChI=1S/C12H28N4S/c1-15-7-3-13-5-11-17-12-6-14-4-8-16(2)10-9-15/h13-14H,3-12H2,1-2H3. The maximum Gasteiger partial charge on any atom is 0.0107 e. The Hall–Kier alpha value is 0.190. The molecule has 1 fully saturated rings. The van der Waals surface area contributed by atoms with E-state index in [0.717, 1.165) is 52.4 Å². The maximum absolute atomic E-state index is 3.50. The first-order chi connectivity index (χ1) is 8.29. The van der Waals surface area contributed by atoms with Crippen molar-refractivity contribution in [3.63, 3.8) is 0 Å². The van der Waals surface area contributed by atoms with Crippen LogP contribution in [0.1, 0.15) is 0 Å². The summed E-state index contributed by atoms with van der Waals surface area (Å²) in [6.07, 6.45) is 0. The number of thioether (sulfide) groups is 1. The lowest BCUT2D eigenvalue weighted by atomic mass is 10.4. The van der Waals surface area contributed by atoms with Crippen LogP contribution in [0.15, 0.2) is 0 Å². The minimum Gasteiger partial charge on any atom is -0.315 e. The molecule has 0 aliphatic carbocycles. The van der Waals surface area contributed by atoms with Crippen LogP contribution in [0, 0.1) is 0 Å². The first kappa shape index (κ1) is 15.2. The third-order valence-corrected chi connectivity index (χ3v) is 4.04. The summed E-state index contributed by atoms with van der Waals surface area (Å²) in [4.78, 5) is 4.81. The van der Waals surface area contributed by atoms with Crippen molar-refractivity contribution in [3.05, 3.63) is 0 Å². The fourth-order valence-corrected chi connectivity index (χ4v) is 2.53. The summed E-state index contributed by atoms with van der Waals surface area (Å²) in [7, 11) is 4.42. The van der Waals surface area contributed by atoms with Crippen LogP contribution in [-0.2, 0) is 0 Å². The molecule has 0 unspecified atom stereocenters. The highest BCUT2D eigenvalue weighted by molar-refractivity contribution is 7.99. The molecule has 0 amide bonds. The number of likely N-dealkylation sites (N-methyl/N-ethyl adjacent to an activating group) is 2. The van der Waals surface area contributed by atoms with Gasteiger partial charge >= 0.3 is 0 Å². The molecule has 17 heavy (non-hydrogen) atoms. The van der Waals surface area contributed by atoms with Crippen LogP contribution in [0.4, 0.5) is 0 Å². The van der Waals surface area contributed by atoms with Crippen LogP contribution in [0.2, 0.25) is 0 Å². The Bertz CT molecular complexity index is 162. The number of hydrogen-bond donors (Lipinski definition) is 2. The first-order valence-corrected chi connectivity index (χ1v) is 7.81. The lowest BCUT2D eigenvalue weighted by Crippen LogP contribution is -2.37. The van der Waals surface area contributed by atoms with Gasteiger partial charge in [0.15, 0.2) is 0 Å². The summed E-state index contributed by atoms with van der Waals surface area (Å²) in [5.41, 5.74) is 0. The van der Waals surface area contributed by atoms with Gasteiger partial charge in [-0.3, -0.25) is 0 Å². The normalized spacial score (nSPS) is 25.1. The van der Waals surface area contributed by atoms with Crippen LogP contribution in [-0.4, -0.2) is 87.8 Å². The topological polar surface area (TPSA) is 30.5 Å². The molecule has 0 saturated carbocycles. The molecule has 4 nitrogen and oxygen atoms in total. The van der Waals surface area contributed by atoms with E-state index < -0.39 is 0 Å². The Labute approximate surface area is 110 Å². The van der Waals surface area contributed by atoms with Crippen molar-refractivity contribution in [2.45, 2.75) is 0 Å². The van der Waals surface area contributed by atoms with E-state index in [1.807, 2.05) is 11.8 Å². The fraction of sp³-hybridized carbons (Fsp3) is 1.00. The van der Waals surface area contributed by atoms with Gasteiger partial charge in [0.1, 0.15) is 0 Å². The molecule has 1 aliphatic rings. The van der Waals surface area contributed by atoms with E-state index in [1.54, 1.807) is 0 Å². The third kappa shape index (κ3) is 8.85. The van der Waals surface area contributed by atoms with Gasteiger partial charge in [-0.2, -0.15) is 11.8 Å². The lowest BCUT2D eigenvalue weighted by molar-refractivity contribution is 0.257. The number of hydrogen-bond acceptors (Lipinski definition) is 5. The average molecular weight is 260 g/mol. The molecule has 1 saturated heterocycles.